The average Bonchev–Trinajstić information content (AvgIpc) is 3.49. The number of ether oxygens (including phenoxy) is 1. The molecule has 9 heteroatoms. The molecule has 3 atom stereocenters. The molecule has 2 aliphatic heterocycles. The first kappa shape index (κ1) is 20.8. The van der Waals surface area contributed by atoms with Crippen LogP contribution in [-0.4, -0.2) is 51.1 Å². The van der Waals surface area contributed by atoms with Crippen molar-refractivity contribution in [3.05, 3.63) is 54.0 Å². The molecular formula is C23H23F3N4O2. The van der Waals surface area contributed by atoms with E-state index >= 15 is 0 Å². The van der Waals surface area contributed by atoms with E-state index in [9.17, 15) is 18.0 Å². The molecule has 2 fully saturated rings. The molecule has 1 amide bonds. The largest absolute Gasteiger partial charge is 0.475 e. The Morgan fingerprint density at radius 1 is 1.19 bits per heavy atom. The van der Waals surface area contributed by atoms with Crippen LogP contribution < -0.4 is 0 Å². The number of nitrogens with zero attached hydrogens (tertiary/aromatic N) is 4. The van der Waals surface area contributed by atoms with E-state index in [-0.39, 0.29) is 30.9 Å². The van der Waals surface area contributed by atoms with E-state index < -0.39 is 11.7 Å². The number of carbonyl (C=O) groups excluding carboxylic acids is 1. The molecule has 32 heavy (non-hydrogen) atoms. The van der Waals surface area contributed by atoms with Gasteiger partial charge in [0.1, 0.15) is 11.9 Å². The molecule has 3 unspecified atom stereocenters. The molecule has 0 N–H and O–H groups in total. The monoisotopic (exact) mass is 444 g/mol. The van der Waals surface area contributed by atoms with Gasteiger partial charge in [-0.25, -0.2) is 9.98 Å². The lowest BCUT2D eigenvalue weighted by molar-refractivity contribution is -0.0943. The molecule has 5 rings (SSSR count). The maximum atomic E-state index is 13.5. The van der Waals surface area contributed by atoms with Crippen LogP contribution in [0.5, 0.6) is 0 Å². The number of fused-ring (bicyclic) bond motifs is 2. The lowest BCUT2D eigenvalue weighted by Gasteiger charge is -2.34. The number of rotatable bonds is 3. The summed E-state index contributed by atoms with van der Waals surface area (Å²) in [4.78, 5) is 23.7. The fourth-order valence-electron chi connectivity index (χ4n) is 4.97. The van der Waals surface area contributed by atoms with E-state index in [1.165, 1.54) is 0 Å². The molecule has 3 heterocycles. The number of piperidine rings is 1. The zero-order valence-electron chi connectivity index (χ0n) is 17.5. The molecule has 1 aliphatic carbocycles. The predicted octanol–water partition coefficient (Wildman–Crippen LogP) is 4.35. The van der Waals surface area contributed by atoms with Crippen LogP contribution in [0, 0.1) is 5.92 Å². The van der Waals surface area contributed by atoms with Gasteiger partial charge in [-0.05, 0) is 31.2 Å². The van der Waals surface area contributed by atoms with E-state index in [0.29, 0.717) is 23.9 Å². The highest BCUT2D eigenvalue weighted by atomic mass is 19.4. The molecule has 1 aromatic carbocycles. The van der Waals surface area contributed by atoms with Crippen molar-refractivity contribution in [1.29, 1.82) is 0 Å². The molecule has 0 spiro atoms. The standard InChI is InChI=1S/C23H23F3N4O2/c1-29-9-8-27-21(29)16-4-2-3-5-17(16)22(31)30-13-14-10-18(30)19(11-14)32-20-7-6-15(12-28-20)23(24,25)26/h2-5,8-9,12,14,18-19H,6-7,10-11,13H2,1H3. The number of carbonyl (C=O) groups is 1. The Labute approximate surface area is 183 Å². The summed E-state index contributed by atoms with van der Waals surface area (Å²) in [7, 11) is 1.88. The van der Waals surface area contributed by atoms with Crippen molar-refractivity contribution in [3.63, 3.8) is 0 Å². The second-order valence-electron chi connectivity index (χ2n) is 8.60. The van der Waals surface area contributed by atoms with E-state index in [1.54, 1.807) is 6.20 Å². The Kier molecular flexibility index (Phi) is 5.06. The Morgan fingerprint density at radius 2 is 2.00 bits per heavy atom. The molecule has 6 nitrogen and oxygen atoms in total. The van der Waals surface area contributed by atoms with Gasteiger partial charge in [-0.2, -0.15) is 13.2 Å². The number of aliphatic imine (C=N–C) groups is 1. The van der Waals surface area contributed by atoms with Crippen molar-refractivity contribution in [3.8, 4) is 11.4 Å². The van der Waals surface area contributed by atoms with Gasteiger partial charge in [-0.15, -0.1) is 0 Å². The Balaban J connectivity index is 1.34. The number of likely N-dealkylation sites (tertiary alicyclic amines) is 1. The van der Waals surface area contributed by atoms with Crippen molar-refractivity contribution in [1.82, 2.24) is 14.5 Å². The Morgan fingerprint density at radius 3 is 2.66 bits per heavy atom. The highest BCUT2D eigenvalue weighted by Crippen LogP contribution is 2.41. The highest BCUT2D eigenvalue weighted by molar-refractivity contribution is 6.00. The summed E-state index contributed by atoms with van der Waals surface area (Å²) in [6.45, 7) is 0.656. The number of hydrogen-bond acceptors (Lipinski definition) is 4. The molecule has 2 aromatic rings. The van der Waals surface area contributed by atoms with Crippen LogP contribution in [0.2, 0.25) is 0 Å². The minimum absolute atomic E-state index is 0.0748. The van der Waals surface area contributed by atoms with Gasteiger partial charge in [0.2, 0.25) is 0 Å². The fraction of sp³-hybridized carbons (Fsp3) is 0.435. The van der Waals surface area contributed by atoms with Gasteiger partial charge in [0.05, 0.1) is 17.2 Å². The molecule has 0 radical (unpaired) electrons. The lowest BCUT2D eigenvalue weighted by atomic mass is 10.0. The van der Waals surface area contributed by atoms with Gasteiger partial charge in [0, 0.05) is 44.2 Å². The molecule has 1 saturated carbocycles. The zero-order chi connectivity index (χ0) is 22.5. The van der Waals surface area contributed by atoms with Gasteiger partial charge in [0.25, 0.3) is 5.91 Å². The van der Waals surface area contributed by atoms with Crippen LogP contribution in [-0.2, 0) is 11.8 Å². The van der Waals surface area contributed by atoms with Gasteiger partial charge in [0.15, 0.2) is 5.90 Å². The van der Waals surface area contributed by atoms with E-state index in [4.69, 9.17) is 4.74 Å². The maximum absolute atomic E-state index is 13.5. The molecule has 168 valence electrons. The van der Waals surface area contributed by atoms with Crippen molar-refractivity contribution < 1.29 is 22.7 Å². The second-order valence-corrected chi connectivity index (χ2v) is 8.60. The third kappa shape index (κ3) is 3.69. The number of hydrogen-bond donors (Lipinski definition) is 0. The number of amides is 1. The Hall–Kier alpha value is -3.10. The number of allylic oxidation sites excluding steroid dienone is 1. The van der Waals surface area contributed by atoms with E-state index in [2.05, 4.69) is 9.98 Å². The van der Waals surface area contributed by atoms with Crippen LogP contribution in [0.4, 0.5) is 13.2 Å². The van der Waals surface area contributed by atoms with Crippen LogP contribution in [0.15, 0.2) is 53.4 Å². The highest BCUT2D eigenvalue weighted by Gasteiger charge is 2.49. The number of imidazole rings is 1. The normalized spacial score (nSPS) is 25.0. The summed E-state index contributed by atoms with van der Waals surface area (Å²) in [5.41, 5.74) is 0.716. The topological polar surface area (TPSA) is 59.7 Å². The lowest BCUT2D eigenvalue weighted by Crippen LogP contribution is -2.46. The Bertz CT molecular complexity index is 1100. The average molecular weight is 444 g/mol. The molecule has 2 bridgehead atoms. The third-order valence-corrected chi connectivity index (χ3v) is 6.53. The van der Waals surface area contributed by atoms with Crippen molar-refractivity contribution in [2.24, 2.45) is 18.0 Å². The third-order valence-electron chi connectivity index (χ3n) is 6.53. The molecular weight excluding hydrogens is 421 g/mol. The number of aryl methyl sites for hydroxylation is 1. The quantitative estimate of drug-likeness (QED) is 0.708. The summed E-state index contributed by atoms with van der Waals surface area (Å²) in [5.74, 6) is 1.28. The van der Waals surface area contributed by atoms with Crippen LogP contribution in [0.3, 0.4) is 0 Å². The van der Waals surface area contributed by atoms with E-state index in [1.807, 2.05) is 47.0 Å². The van der Waals surface area contributed by atoms with Gasteiger partial charge >= 0.3 is 6.18 Å². The smallest absolute Gasteiger partial charge is 0.414 e. The minimum Gasteiger partial charge on any atom is -0.475 e. The first-order chi connectivity index (χ1) is 15.3. The fourth-order valence-corrected chi connectivity index (χ4v) is 4.97. The number of halogens is 3. The van der Waals surface area contributed by atoms with Gasteiger partial charge < -0.3 is 14.2 Å². The number of alkyl halides is 3. The summed E-state index contributed by atoms with van der Waals surface area (Å²) in [6, 6.07) is 7.30. The molecule has 1 saturated heterocycles. The first-order valence-electron chi connectivity index (χ1n) is 10.7. The van der Waals surface area contributed by atoms with Crippen LogP contribution >= 0.6 is 0 Å². The SMILES string of the molecule is Cn1ccnc1-c1ccccc1C(=O)N1CC2CC(OC3=NC=C(C(F)(F)F)CC3)C1C2. The summed E-state index contributed by atoms with van der Waals surface area (Å²) in [5, 5.41) is 0. The summed E-state index contributed by atoms with van der Waals surface area (Å²) >= 11 is 0. The van der Waals surface area contributed by atoms with Crippen LogP contribution in [0.1, 0.15) is 36.0 Å². The van der Waals surface area contributed by atoms with Crippen molar-refractivity contribution >= 4 is 11.8 Å². The van der Waals surface area contributed by atoms with E-state index in [0.717, 1.165) is 30.4 Å². The minimum atomic E-state index is -4.36. The first-order valence-corrected chi connectivity index (χ1v) is 10.7. The summed E-state index contributed by atoms with van der Waals surface area (Å²) < 4.78 is 46.4. The van der Waals surface area contributed by atoms with Gasteiger partial charge in [-0.3, -0.25) is 4.79 Å². The molecule has 3 aliphatic rings. The number of benzene rings is 1. The van der Waals surface area contributed by atoms with Crippen molar-refractivity contribution in [2.45, 2.75) is 44.0 Å². The zero-order valence-corrected chi connectivity index (χ0v) is 17.5. The maximum Gasteiger partial charge on any atom is 0.414 e. The van der Waals surface area contributed by atoms with Crippen molar-refractivity contribution in [2.75, 3.05) is 6.54 Å². The number of aromatic nitrogens is 2. The van der Waals surface area contributed by atoms with Gasteiger partial charge in [-0.1, -0.05) is 18.2 Å². The van der Waals surface area contributed by atoms with Crippen LogP contribution in [0.25, 0.3) is 11.4 Å². The molecule has 1 aromatic heterocycles. The second kappa shape index (κ2) is 7.79. The predicted molar refractivity (Wildman–Crippen MR) is 112 cm³/mol. The summed E-state index contributed by atoms with van der Waals surface area (Å²) in [6.07, 6.45) is 1.38.